The number of carbonyl (C=O) groups excluding carboxylic acids is 1. The quantitative estimate of drug-likeness (QED) is 0.239. The Balaban J connectivity index is 0.000000479. The van der Waals surface area contributed by atoms with E-state index < -0.39 is 18.2 Å². The van der Waals surface area contributed by atoms with Crippen LogP contribution >= 0.6 is 0 Å². The molecular weight excluding hydrogens is 599 g/mol. The molecular formula is C39H52F3N3O2. The molecule has 1 aliphatic carbocycles. The first-order valence-corrected chi connectivity index (χ1v) is 15.8. The first kappa shape index (κ1) is 40.9. The minimum atomic E-state index is -2.17. The van der Waals surface area contributed by atoms with Crippen LogP contribution in [-0.4, -0.2) is 43.5 Å². The number of carbonyl (C=O) groups is 1. The van der Waals surface area contributed by atoms with Crippen LogP contribution in [0.3, 0.4) is 0 Å². The van der Waals surface area contributed by atoms with Crippen molar-refractivity contribution in [3.63, 3.8) is 0 Å². The first-order valence-electron chi connectivity index (χ1n) is 15.8. The van der Waals surface area contributed by atoms with Crippen molar-refractivity contribution in [1.29, 1.82) is 0 Å². The highest BCUT2D eigenvalue weighted by atomic mass is 19.3. The van der Waals surface area contributed by atoms with Crippen molar-refractivity contribution < 1.29 is 22.7 Å². The number of alkyl halides is 2. The number of nitrogens with zero attached hydrogens (tertiary/aromatic N) is 1. The number of halogens is 3. The molecule has 1 amide bonds. The minimum Gasteiger partial charge on any atom is -0.376 e. The molecule has 0 radical (unpaired) electrons. The molecule has 47 heavy (non-hydrogen) atoms. The zero-order chi connectivity index (χ0) is 35.2. The summed E-state index contributed by atoms with van der Waals surface area (Å²) < 4.78 is 40.5. The lowest BCUT2D eigenvalue weighted by Gasteiger charge is -2.32. The molecule has 0 saturated heterocycles. The molecule has 5 nitrogen and oxygen atoms in total. The summed E-state index contributed by atoms with van der Waals surface area (Å²) in [5, 5.41) is 8.05. The molecule has 256 valence electrons. The Kier molecular flexibility index (Phi) is 20.2. The summed E-state index contributed by atoms with van der Waals surface area (Å²) in [6, 6.07) is 25.2. The Hall–Kier alpha value is -4.14. The Labute approximate surface area is 279 Å². The Bertz CT molecular complexity index is 1370. The third kappa shape index (κ3) is 14.9. The molecule has 5 rings (SSSR count). The molecule has 3 aromatic carbocycles. The van der Waals surface area contributed by atoms with Gasteiger partial charge in [0, 0.05) is 12.2 Å². The third-order valence-electron chi connectivity index (χ3n) is 7.43. The van der Waals surface area contributed by atoms with Gasteiger partial charge >= 0.3 is 0 Å². The van der Waals surface area contributed by atoms with Gasteiger partial charge in [-0.25, -0.2) is 8.78 Å². The summed E-state index contributed by atoms with van der Waals surface area (Å²) in [6.45, 7) is 20.5. The number of hydrogen-bond acceptors (Lipinski definition) is 4. The zero-order valence-corrected chi connectivity index (χ0v) is 28.4. The average molecular weight is 652 g/mol. The van der Waals surface area contributed by atoms with Crippen LogP contribution in [0.2, 0.25) is 0 Å². The lowest BCUT2D eigenvalue weighted by atomic mass is 9.99. The number of benzene rings is 3. The highest BCUT2D eigenvalue weighted by Gasteiger charge is 2.37. The smallest absolute Gasteiger partial charge is 0.287 e. The lowest BCUT2D eigenvalue weighted by Crippen LogP contribution is -2.41. The van der Waals surface area contributed by atoms with Gasteiger partial charge in [0.1, 0.15) is 5.82 Å². The van der Waals surface area contributed by atoms with Crippen molar-refractivity contribution >= 4 is 16.7 Å². The van der Waals surface area contributed by atoms with Gasteiger partial charge in [-0.3, -0.25) is 4.79 Å². The second-order valence-corrected chi connectivity index (χ2v) is 11.1. The number of nitrogens with one attached hydrogen (secondary N) is 2. The summed E-state index contributed by atoms with van der Waals surface area (Å²) >= 11 is 0. The molecule has 2 aliphatic rings. The van der Waals surface area contributed by atoms with E-state index in [0.29, 0.717) is 30.9 Å². The topological polar surface area (TPSA) is 53.6 Å². The molecule has 1 saturated carbocycles. The predicted octanol–water partition coefficient (Wildman–Crippen LogP) is 9.20. The molecule has 0 bridgehead atoms. The molecule has 3 atom stereocenters. The van der Waals surface area contributed by atoms with Crippen molar-refractivity contribution in [2.45, 2.75) is 59.1 Å². The van der Waals surface area contributed by atoms with Gasteiger partial charge in [0.2, 0.25) is 12.3 Å². The summed E-state index contributed by atoms with van der Waals surface area (Å²) in [5.41, 5.74) is 2.59. The SMILES string of the molecule is C=C.C=C1NC(=O)C(F)=CN1C1CC(C)C(COCc2cccc3ccccc23)C1.C=CC.CC(F)F.CNCCc1ccccc1. The summed E-state index contributed by atoms with van der Waals surface area (Å²) in [4.78, 5) is 13.2. The number of hydrogen-bond donors (Lipinski definition) is 2. The van der Waals surface area contributed by atoms with Crippen molar-refractivity contribution in [3.05, 3.63) is 134 Å². The first-order chi connectivity index (χ1) is 22.6. The van der Waals surface area contributed by atoms with E-state index >= 15 is 0 Å². The number of allylic oxidation sites excluding steroid dienone is 1. The van der Waals surface area contributed by atoms with Crippen LogP contribution in [0.5, 0.6) is 0 Å². The summed E-state index contributed by atoms with van der Waals surface area (Å²) in [7, 11) is 1.98. The number of likely N-dealkylation sites (N-methyl/N-ethyl adjacent to an activating group) is 1. The third-order valence-corrected chi connectivity index (χ3v) is 7.43. The maximum Gasteiger partial charge on any atom is 0.287 e. The van der Waals surface area contributed by atoms with Gasteiger partial charge in [-0.1, -0.05) is 92.4 Å². The molecule has 3 aromatic rings. The molecule has 1 aliphatic heterocycles. The van der Waals surface area contributed by atoms with Gasteiger partial charge < -0.3 is 20.3 Å². The van der Waals surface area contributed by atoms with Crippen LogP contribution in [0.15, 0.2) is 123 Å². The van der Waals surface area contributed by atoms with Crippen molar-refractivity contribution in [3.8, 4) is 0 Å². The fourth-order valence-electron chi connectivity index (χ4n) is 5.25. The van der Waals surface area contributed by atoms with E-state index in [1.165, 1.54) is 28.1 Å². The normalized spacial score (nSPS) is 18.2. The fourth-order valence-corrected chi connectivity index (χ4v) is 5.25. The Morgan fingerprint density at radius 3 is 2.28 bits per heavy atom. The second-order valence-electron chi connectivity index (χ2n) is 11.1. The van der Waals surface area contributed by atoms with Gasteiger partial charge in [0.25, 0.3) is 5.91 Å². The molecule has 3 unspecified atom stereocenters. The van der Waals surface area contributed by atoms with E-state index in [9.17, 15) is 18.0 Å². The van der Waals surface area contributed by atoms with E-state index in [0.717, 1.165) is 32.7 Å². The largest absolute Gasteiger partial charge is 0.376 e. The van der Waals surface area contributed by atoms with E-state index in [4.69, 9.17) is 4.74 Å². The van der Waals surface area contributed by atoms with E-state index in [-0.39, 0.29) is 6.04 Å². The van der Waals surface area contributed by atoms with E-state index in [2.05, 4.69) is 98.5 Å². The predicted molar refractivity (Wildman–Crippen MR) is 190 cm³/mol. The van der Waals surface area contributed by atoms with Crippen LogP contribution in [-0.2, 0) is 22.6 Å². The minimum absolute atomic E-state index is 0.125. The second kappa shape index (κ2) is 23.2. The van der Waals surface area contributed by atoms with Gasteiger partial charge in [-0.2, -0.15) is 4.39 Å². The van der Waals surface area contributed by atoms with Crippen LogP contribution in [0, 0.1) is 11.8 Å². The highest BCUT2D eigenvalue weighted by molar-refractivity contribution is 5.93. The molecule has 0 aromatic heterocycles. The number of fused-ring (bicyclic) bond motifs is 1. The molecule has 2 N–H and O–H groups in total. The zero-order valence-electron chi connectivity index (χ0n) is 28.4. The molecule has 1 heterocycles. The number of ether oxygens (including phenoxy) is 1. The Morgan fingerprint density at radius 2 is 1.64 bits per heavy atom. The van der Waals surface area contributed by atoms with Crippen LogP contribution < -0.4 is 10.6 Å². The standard InChI is InChI=1S/C23H25FN2O2.C9H13N.C3H6.C2H4F2.C2H4/c1-15-10-20(26-12-22(24)23(27)25-16(26)2)11-19(15)14-28-13-18-8-5-7-17-6-3-4-9-21(17)18;1-10-8-7-9-5-3-2-4-6-9;1-3-2;1-2(3)4;1-2/h3-9,12,15,19-20H,2,10-11,13-14H2,1H3,(H,25,27);2-6,10H,7-8H2,1H3;3H,1H2,2H3;2H,1H3;1-2H2. The van der Waals surface area contributed by atoms with Crippen LogP contribution in [0.1, 0.15) is 44.7 Å². The van der Waals surface area contributed by atoms with Crippen molar-refractivity contribution in [2.24, 2.45) is 11.8 Å². The maximum absolute atomic E-state index is 13.7. The fraction of sp³-hybridized carbons (Fsp3) is 0.359. The lowest BCUT2D eigenvalue weighted by molar-refractivity contribution is -0.119. The van der Waals surface area contributed by atoms with Crippen molar-refractivity contribution in [1.82, 2.24) is 15.5 Å². The number of amides is 1. The van der Waals surface area contributed by atoms with Gasteiger partial charge in [0.05, 0.1) is 13.2 Å². The van der Waals surface area contributed by atoms with Gasteiger partial charge in [0.15, 0.2) is 0 Å². The van der Waals surface area contributed by atoms with Crippen LogP contribution in [0.25, 0.3) is 10.8 Å². The molecule has 0 spiro atoms. The van der Waals surface area contributed by atoms with E-state index in [1.807, 2.05) is 32.2 Å². The van der Waals surface area contributed by atoms with E-state index in [1.54, 1.807) is 11.0 Å². The van der Waals surface area contributed by atoms with Crippen molar-refractivity contribution in [2.75, 3.05) is 20.2 Å². The van der Waals surface area contributed by atoms with Gasteiger partial charge in [-0.05, 0) is 80.4 Å². The average Bonchev–Trinajstić information content (AvgIpc) is 3.43. The molecule has 1 fully saturated rings. The number of rotatable bonds is 8. The summed E-state index contributed by atoms with van der Waals surface area (Å²) in [6.07, 6.45) is 3.78. The molecule has 8 heteroatoms. The van der Waals surface area contributed by atoms with Gasteiger partial charge in [-0.15, -0.1) is 19.7 Å². The summed E-state index contributed by atoms with van der Waals surface area (Å²) in [5.74, 6) is -0.194. The Morgan fingerprint density at radius 1 is 1.04 bits per heavy atom. The monoisotopic (exact) mass is 651 g/mol. The highest BCUT2D eigenvalue weighted by Crippen LogP contribution is 2.37. The van der Waals surface area contributed by atoms with Crippen LogP contribution in [0.4, 0.5) is 13.2 Å². The maximum atomic E-state index is 13.7.